The number of aryl methyl sites for hydroxylation is 1. The molecule has 0 saturated heterocycles. The third-order valence-electron chi connectivity index (χ3n) is 6.24. The number of amides is 1. The molecular formula is C24H35N3O3S. The minimum atomic E-state index is -0.474. The largest absolute Gasteiger partial charge is 0.474 e. The number of aromatic nitrogens is 2. The van der Waals surface area contributed by atoms with Crippen molar-refractivity contribution >= 4 is 27.6 Å². The molecule has 2 aromatic heterocycles. The highest BCUT2D eigenvalue weighted by Crippen LogP contribution is 2.46. The number of carbonyl (C=O) groups excluding carboxylic acids is 1. The highest BCUT2D eigenvalue weighted by atomic mass is 32.1. The fourth-order valence-corrected chi connectivity index (χ4v) is 6.19. The summed E-state index contributed by atoms with van der Waals surface area (Å²) in [4.78, 5) is 23.7. The van der Waals surface area contributed by atoms with Gasteiger partial charge < -0.3 is 14.8 Å². The van der Waals surface area contributed by atoms with Crippen molar-refractivity contribution in [2.24, 2.45) is 0 Å². The van der Waals surface area contributed by atoms with E-state index < -0.39 is 5.60 Å². The molecule has 2 aliphatic carbocycles. The van der Waals surface area contributed by atoms with Gasteiger partial charge in [-0.1, -0.05) is 13.3 Å². The van der Waals surface area contributed by atoms with E-state index in [2.05, 4.69) is 22.2 Å². The Kier molecular flexibility index (Phi) is 6.70. The summed E-state index contributed by atoms with van der Waals surface area (Å²) in [6.07, 6.45) is 11.1. The van der Waals surface area contributed by atoms with Crippen molar-refractivity contribution in [3.8, 4) is 5.88 Å². The fourth-order valence-electron chi connectivity index (χ4n) is 4.93. The Balaban J connectivity index is 1.43. The molecule has 6 nitrogen and oxygen atoms in total. The molecule has 170 valence electrons. The minimum absolute atomic E-state index is 0.124. The van der Waals surface area contributed by atoms with Crippen LogP contribution in [0.25, 0.3) is 10.2 Å². The van der Waals surface area contributed by atoms with Crippen molar-refractivity contribution in [3.05, 3.63) is 16.8 Å². The van der Waals surface area contributed by atoms with E-state index >= 15 is 0 Å². The van der Waals surface area contributed by atoms with Gasteiger partial charge >= 0.3 is 6.09 Å². The Labute approximate surface area is 189 Å². The number of fused-ring (bicyclic) bond motifs is 3. The average molecular weight is 446 g/mol. The van der Waals surface area contributed by atoms with Gasteiger partial charge in [0, 0.05) is 10.9 Å². The van der Waals surface area contributed by atoms with Gasteiger partial charge in [-0.05, 0) is 83.6 Å². The maximum atomic E-state index is 12.1. The van der Waals surface area contributed by atoms with E-state index in [1.807, 2.05) is 32.1 Å². The number of alkyl carbamates (subject to hydrolysis) is 1. The summed E-state index contributed by atoms with van der Waals surface area (Å²) in [5, 5.41) is 4.17. The molecular weight excluding hydrogens is 410 g/mol. The molecule has 1 amide bonds. The van der Waals surface area contributed by atoms with Crippen LogP contribution in [0.2, 0.25) is 0 Å². The molecule has 1 N–H and O–H groups in total. The van der Waals surface area contributed by atoms with E-state index in [4.69, 9.17) is 9.47 Å². The van der Waals surface area contributed by atoms with Gasteiger partial charge in [-0.25, -0.2) is 14.8 Å². The Morgan fingerprint density at radius 2 is 1.97 bits per heavy atom. The van der Waals surface area contributed by atoms with Crippen LogP contribution in [0.5, 0.6) is 5.88 Å². The number of nitrogens with one attached hydrogen (secondary N) is 1. The van der Waals surface area contributed by atoms with E-state index in [0.29, 0.717) is 5.92 Å². The molecule has 2 aliphatic rings. The maximum Gasteiger partial charge on any atom is 0.407 e. The van der Waals surface area contributed by atoms with Gasteiger partial charge in [0.1, 0.15) is 22.9 Å². The molecule has 7 heteroatoms. The van der Waals surface area contributed by atoms with Crippen LogP contribution in [-0.4, -0.2) is 33.8 Å². The first kappa shape index (κ1) is 22.3. The van der Waals surface area contributed by atoms with E-state index in [0.717, 1.165) is 48.2 Å². The highest BCUT2D eigenvalue weighted by molar-refractivity contribution is 7.18. The van der Waals surface area contributed by atoms with Crippen molar-refractivity contribution in [1.29, 1.82) is 0 Å². The van der Waals surface area contributed by atoms with Crippen LogP contribution in [0.15, 0.2) is 6.33 Å². The third kappa shape index (κ3) is 5.30. The molecule has 31 heavy (non-hydrogen) atoms. The number of thiophene rings is 1. The first-order valence-electron chi connectivity index (χ1n) is 11.8. The normalized spacial score (nSPS) is 23.9. The highest BCUT2D eigenvalue weighted by Gasteiger charge is 2.30. The zero-order valence-corrected chi connectivity index (χ0v) is 20.0. The number of rotatable bonds is 5. The van der Waals surface area contributed by atoms with Crippen LogP contribution in [0.3, 0.4) is 0 Å². The van der Waals surface area contributed by atoms with Gasteiger partial charge in [0.25, 0.3) is 0 Å². The lowest BCUT2D eigenvalue weighted by atomic mass is 9.83. The minimum Gasteiger partial charge on any atom is -0.474 e. The number of ether oxygens (including phenoxy) is 2. The number of nitrogens with zero attached hydrogens (tertiary/aromatic N) is 2. The summed E-state index contributed by atoms with van der Waals surface area (Å²) in [6.45, 7) is 7.91. The van der Waals surface area contributed by atoms with E-state index in [9.17, 15) is 4.79 Å². The van der Waals surface area contributed by atoms with Crippen molar-refractivity contribution in [2.75, 3.05) is 0 Å². The topological polar surface area (TPSA) is 73.3 Å². The molecule has 4 rings (SSSR count). The van der Waals surface area contributed by atoms with E-state index in [-0.39, 0.29) is 18.2 Å². The van der Waals surface area contributed by atoms with E-state index in [1.54, 1.807) is 6.33 Å². The van der Waals surface area contributed by atoms with Gasteiger partial charge in [0.2, 0.25) is 5.88 Å². The molecule has 0 aromatic carbocycles. The molecule has 0 aliphatic heterocycles. The lowest BCUT2D eigenvalue weighted by Gasteiger charge is -2.30. The predicted octanol–water partition coefficient (Wildman–Crippen LogP) is 6.13. The zero-order valence-electron chi connectivity index (χ0n) is 19.2. The van der Waals surface area contributed by atoms with Gasteiger partial charge in [0.05, 0.1) is 5.39 Å². The molecule has 1 fully saturated rings. The predicted molar refractivity (Wildman–Crippen MR) is 124 cm³/mol. The zero-order chi connectivity index (χ0) is 22.0. The fraction of sp³-hybridized carbons (Fsp3) is 0.708. The molecule has 0 unspecified atom stereocenters. The van der Waals surface area contributed by atoms with Crippen LogP contribution >= 0.6 is 11.3 Å². The van der Waals surface area contributed by atoms with Crippen LogP contribution in [0, 0.1) is 0 Å². The Hall–Kier alpha value is -1.89. The smallest absolute Gasteiger partial charge is 0.407 e. The monoisotopic (exact) mass is 445 g/mol. The van der Waals surface area contributed by atoms with Crippen molar-refractivity contribution in [3.63, 3.8) is 0 Å². The van der Waals surface area contributed by atoms with Crippen molar-refractivity contribution in [1.82, 2.24) is 15.3 Å². The number of hydrogen-bond acceptors (Lipinski definition) is 6. The third-order valence-corrected chi connectivity index (χ3v) is 7.42. The summed E-state index contributed by atoms with van der Waals surface area (Å²) < 4.78 is 11.9. The van der Waals surface area contributed by atoms with Crippen molar-refractivity contribution < 1.29 is 14.3 Å². The van der Waals surface area contributed by atoms with Crippen LogP contribution in [0.1, 0.15) is 95.4 Å². The lowest BCUT2D eigenvalue weighted by Crippen LogP contribution is -2.42. The van der Waals surface area contributed by atoms with E-state index in [1.165, 1.54) is 36.1 Å². The van der Waals surface area contributed by atoms with Gasteiger partial charge in [0.15, 0.2) is 0 Å². The summed E-state index contributed by atoms with van der Waals surface area (Å²) in [5.74, 6) is 1.36. The second kappa shape index (κ2) is 9.31. The van der Waals surface area contributed by atoms with Gasteiger partial charge in [-0.3, -0.25) is 0 Å². The molecule has 2 aromatic rings. The SMILES string of the molecule is CCC[C@@H]1CCCc2sc3ncnc(OC4CCC(NC(=O)OC(C)(C)C)CC4)c3c21. The second-order valence-electron chi connectivity index (χ2n) is 9.91. The van der Waals surface area contributed by atoms with Crippen molar-refractivity contribution in [2.45, 2.75) is 109 Å². The Morgan fingerprint density at radius 1 is 1.19 bits per heavy atom. The molecule has 2 heterocycles. The summed E-state index contributed by atoms with van der Waals surface area (Å²) >= 11 is 1.82. The summed E-state index contributed by atoms with van der Waals surface area (Å²) in [6, 6.07) is 0.142. The first-order chi connectivity index (χ1) is 14.8. The number of hydrogen-bond donors (Lipinski definition) is 1. The first-order valence-corrected chi connectivity index (χ1v) is 12.6. The Morgan fingerprint density at radius 3 is 2.68 bits per heavy atom. The summed E-state index contributed by atoms with van der Waals surface area (Å²) in [7, 11) is 0. The lowest BCUT2D eigenvalue weighted by molar-refractivity contribution is 0.0470. The van der Waals surface area contributed by atoms with Gasteiger partial charge in [-0.2, -0.15) is 0 Å². The van der Waals surface area contributed by atoms with Crippen LogP contribution < -0.4 is 10.1 Å². The molecule has 1 atom stereocenters. The Bertz CT molecular complexity index is 913. The standard InChI is InChI=1S/C24H35N3O3S/c1-5-7-15-8-6-9-18-19(15)20-21(25-14-26-22(20)31-18)29-17-12-10-16(11-13-17)27-23(28)30-24(2,3)4/h14-17H,5-13H2,1-4H3,(H,27,28)/t15-,16?,17?/m1/s1. The quantitative estimate of drug-likeness (QED) is 0.599. The second-order valence-corrected chi connectivity index (χ2v) is 11.0. The average Bonchev–Trinajstić information content (AvgIpc) is 3.09. The van der Waals surface area contributed by atoms with Gasteiger partial charge in [-0.15, -0.1) is 11.3 Å². The molecule has 0 spiro atoms. The summed E-state index contributed by atoms with van der Waals surface area (Å²) in [5.41, 5.74) is 0.988. The molecule has 0 radical (unpaired) electrons. The molecule has 0 bridgehead atoms. The number of carbonyl (C=O) groups is 1. The maximum absolute atomic E-state index is 12.1. The van der Waals surface area contributed by atoms with Crippen LogP contribution in [-0.2, 0) is 11.2 Å². The molecule has 1 saturated carbocycles. The van der Waals surface area contributed by atoms with Crippen LogP contribution in [0.4, 0.5) is 4.79 Å².